The second-order valence-corrected chi connectivity index (χ2v) is 6.91. The summed E-state index contributed by atoms with van der Waals surface area (Å²) in [6.07, 6.45) is 3.75. The average molecular weight is 384 g/mol. The molecular formula is C20H29N7O. The van der Waals surface area contributed by atoms with Gasteiger partial charge in [0, 0.05) is 37.3 Å². The average Bonchev–Trinajstić information content (AvgIpc) is 2.64. The van der Waals surface area contributed by atoms with Gasteiger partial charge in [-0.15, -0.1) is 0 Å². The molecule has 1 aromatic carbocycles. The molecular weight excluding hydrogens is 354 g/mol. The van der Waals surface area contributed by atoms with Gasteiger partial charge in [0.15, 0.2) is 5.82 Å². The number of rotatable bonds is 9. The van der Waals surface area contributed by atoms with E-state index in [1.54, 1.807) is 13.3 Å². The molecule has 2 aromatic rings. The second kappa shape index (κ2) is 9.36. The van der Waals surface area contributed by atoms with Crippen molar-refractivity contribution in [3.63, 3.8) is 0 Å². The first kappa shape index (κ1) is 19.9. The summed E-state index contributed by atoms with van der Waals surface area (Å²) in [4.78, 5) is 12.9. The highest BCUT2D eigenvalue weighted by Crippen LogP contribution is 2.27. The number of aromatic nitrogens is 2. The van der Waals surface area contributed by atoms with Gasteiger partial charge >= 0.3 is 0 Å². The van der Waals surface area contributed by atoms with Gasteiger partial charge in [0.2, 0.25) is 5.95 Å². The normalized spacial score (nSPS) is 14.2. The Labute approximate surface area is 165 Å². The monoisotopic (exact) mass is 383 g/mol. The summed E-state index contributed by atoms with van der Waals surface area (Å²) < 4.78 is 5.55. The standard InChI is InChI=1S/C20H29N7O/c1-3-4-7-25-19-18(21)16(26-20(22)27-19)12-24-9-14-6-5-13(8-17(14)28-2)15-10-23-11-15/h5-6,8,12,15,23H,3-4,7,9-11,21H2,1-2H3,(H3,22,25,26,27). The second-order valence-electron chi connectivity index (χ2n) is 6.91. The lowest BCUT2D eigenvalue weighted by atomic mass is 9.92. The summed E-state index contributed by atoms with van der Waals surface area (Å²) in [5.74, 6) is 2.14. The van der Waals surface area contributed by atoms with Crippen molar-refractivity contribution in [2.75, 3.05) is 43.5 Å². The summed E-state index contributed by atoms with van der Waals surface area (Å²) in [6, 6.07) is 6.31. The molecule has 0 atom stereocenters. The van der Waals surface area contributed by atoms with Gasteiger partial charge in [0.05, 0.1) is 13.7 Å². The number of aliphatic imine (C=N–C) groups is 1. The summed E-state index contributed by atoms with van der Waals surface area (Å²) in [5.41, 5.74) is 15.3. The van der Waals surface area contributed by atoms with Crippen molar-refractivity contribution >= 4 is 23.7 Å². The number of methoxy groups -OCH3 is 1. The fourth-order valence-electron chi connectivity index (χ4n) is 3.02. The van der Waals surface area contributed by atoms with E-state index < -0.39 is 0 Å². The van der Waals surface area contributed by atoms with Gasteiger partial charge < -0.3 is 26.8 Å². The number of hydrogen-bond donors (Lipinski definition) is 4. The third-order valence-corrected chi connectivity index (χ3v) is 4.85. The predicted molar refractivity (Wildman–Crippen MR) is 114 cm³/mol. The molecule has 1 aromatic heterocycles. The molecule has 150 valence electrons. The summed E-state index contributed by atoms with van der Waals surface area (Å²) in [6.45, 7) is 5.41. The Morgan fingerprint density at radius 3 is 2.82 bits per heavy atom. The Hall–Kier alpha value is -2.87. The summed E-state index contributed by atoms with van der Waals surface area (Å²) in [5, 5.41) is 6.50. The molecule has 0 amide bonds. The Morgan fingerprint density at radius 2 is 2.14 bits per heavy atom. The molecule has 8 nitrogen and oxygen atoms in total. The van der Waals surface area contributed by atoms with Crippen LogP contribution in [0.2, 0.25) is 0 Å². The number of benzene rings is 1. The molecule has 3 rings (SSSR count). The molecule has 0 unspecified atom stereocenters. The van der Waals surface area contributed by atoms with E-state index in [2.05, 4.69) is 50.7 Å². The third kappa shape index (κ3) is 4.69. The maximum absolute atomic E-state index is 6.18. The van der Waals surface area contributed by atoms with E-state index in [1.807, 2.05) is 0 Å². The molecule has 8 heteroatoms. The van der Waals surface area contributed by atoms with E-state index in [1.165, 1.54) is 5.56 Å². The summed E-state index contributed by atoms with van der Waals surface area (Å²) in [7, 11) is 1.68. The Bertz CT molecular complexity index is 834. The van der Waals surface area contributed by atoms with Crippen LogP contribution in [-0.4, -0.2) is 42.9 Å². The molecule has 0 bridgehead atoms. The number of nitrogens with two attached hydrogens (primary N) is 2. The van der Waals surface area contributed by atoms with Crippen LogP contribution in [0.4, 0.5) is 17.5 Å². The van der Waals surface area contributed by atoms with E-state index in [9.17, 15) is 0 Å². The zero-order chi connectivity index (χ0) is 19.9. The topological polar surface area (TPSA) is 123 Å². The van der Waals surface area contributed by atoms with Crippen LogP contribution in [0.3, 0.4) is 0 Å². The smallest absolute Gasteiger partial charge is 0.222 e. The van der Waals surface area contributed by atoms with Crippen molar-refractivity contribution in [2.45, 2.75) is 32.2 Å². The molecule has 28 heavy (non-hydrogen) atoms. The van der Waals surface area contributed by atoms with Crippen LogP contribution in [0.15, 0.2) is 23.2 Å². The fraction of sp³-hybridized carbons (Fsp3) is 0.450. The minimum Gasteiger partial charge on any atom is -0.496 e. The van der Waals surface area contributed by atoms with Crippen molar-refractivity contribution in [3.05, 3.63) is 35.0 Å². The maximum Gasteiger partial charge on any atom is 0.222 e. The lowest BCUT2D eigenvalue weighted by Crippen LogP contribution is -2.39. The van der Waals surface area contributed by atoms with Crippen LogP contribution in [0, 0.1) is 0 Å². The van der Waals surface area contributed by atoms with E-state index in [0.29, 0.717) is 29.7 Å². The van der Waals surface area contributed by atoms with E-state index in [-0.39, 0.29) is 5.95 Å². The molecule has 1 saturated heterocycles. The Balaban J connectivity index is 1.72. The number of hydrogen-bond acceptors (Lipinski definition) is 8. The lowest BCUT2D eigenvalue weighted by molar-refractivity contribution is 0.405. The van der Waals surface area contributed by atoms with Crippen LogP contribution in [-0.2, 0) is 6.54 Å². The van der Waals surface area contributed by atoms with Gasteiger partial charge in [-0.2, -0.15) is 4.98 Å². The van der Waals surface area contributed by atoms with Crippen LogP contribution in [0.1, 0.15) is 42.5 Å². The quantitative estimate of drug-likeness (QED) is 0.386. The first-order chi connectivity index (χ1) is 13.6. The fourth-order valence-corrected chi connectivity index (χ4v) is 3.02. The highest BCUT2D eigenvalue weighted by molar-refractivity contribution is 5.88. The number of nitrogens with one attached hydrogen (secondary N) is 2. The molecule has 6 N–H and O–H groups in total. The summed E-state index contributed by atoms with van der Waals surface area (Å²) >= 11 is 0. The molecule has 1 fully saturated rings. The highest BCUT2D eigenvalue weighted by Gasteiger charge is 2.19. The number of nitrogens with zero attached hydrogens (tertiary/aromatic N) is 3. The number of unbranched alkanes of at least 4 members (excludes halogenated alkanes) is 1. The van der Waals surface area contributed by atoms with E-state index in [0.717, 1.165) is 43.8 Å². The van der Waals surface area contributed by atoms with Crippen molar-refractivity contribution in [3.8, 4) is 5.75 Å². The molecule has 0 aliphatic carbocycles. The van der Waals surface area contributed by atoms with Crippen LogP contribution < -0.4 is 26.8 Å². The van der Waals surface area contributed by atoms with Gasteiger partial charge in [0.1, 0.15) is 17.1 Å². The van der Waals surface area contributed by atoms with Crippen LogP contribution >= 0.6 is 0 Å². The zero-order valence-electron chi connectivity index (χ0n) is 16.5. The van der Waals surface area contributed by atoms with Gasteiger partial charge in [-0.3, -0.25) is 4.99 Å². The van der Waals surface area contributed by atoms with Gasteiger partial charge in [-0.05, 0) is 18.1 Å². The van der Waals surface area contributed by atoms with Gasteiger partial charge in [-0.1, -0.05) is 25.5 Å². The van der Waals surface area contributed by atoms with Gasteiger partial charge in [-0.25, -0.2) is 4.98 Å². The molecule has 0 spiro atoms. The number of ether oxygens (including phenoxy) is 1. The highest BCUT2D eigenvalue weighted by atomic mass is 16.5. The van der Waals surface area contributed by atoms with Crippen molar-refractivity contribution in [1.82, 2.24) is 15.3 Å². The zero-order valence-corrected chi connectivity index (χ0v) is 16.5. The first-order valence-electron chi connectivity index (χ1n) is 9.66. The SMILES string of the molecule is CCCCNc1nc(N)nc(C=NCc2ccc(C3CNC3)cc2OC)c1N. The van der Waals surface area contributed by atoms with E-state index >= 15 is 0 Å². The van der Waals surface area contributed by atoms with Crippen LogP contribution in [0.5, 0.6) is 5.75 Å². The predicted octanol–water partition coefficient (Wildman–Crippen LogP) is 2.17. The molecule has 1 aliphatic heterocycles. The minimum absolute atomic E-state index is 0.172. The van der Waals surface area contributed by atoms with Crippen molar-refractivity contribution < 1.29 is 4.74 Å². The number of nitrogen functional groups attached to an aromatic ring is 2. The molecule has 1 aliphatic rings. The van der Waals surface area contributed by atoms with Crippen molar-refractivity contribution in [2.24, 2.45) is 4.99 Å². The molecule has 0 saturated carbocycles. The van der Waals surface area contributed by atoms with E-state index in [4.69, 9.17) is 16.2 Å². The largest absolute Gasteiger partial charge is 0.496 e. The lowest BCUT2D eigenvalue weighted by Gasteiger charge is -2.28. The Morgan fingerprint density at radius 1 is 1.32 bits per heavy atom. The van der Waals surface area contributed by atoms with Gasteiger partial charge in [0.25, 0.3) is 0 Å². The maximum atomic E-state index is 6.18. The molecule has 2 heterocycles. The first-order valence-corrected chi connectivity index (χ1v) is 9.66. The molecule has 0 radical (unpaired) electrons. The third-order valence-electron chi connectivity index (χ3n) is 4.85. The van der Waals surface area contributed by atoms with Crippen LogP contribution in [0.25, 0.3) is 0 Å². The van der Waals surface area contributed by atoms with Crippen molar-refractivity contribution in [1.29, 1.82) is 0 Å². The Kier molecular flexibility index (Phi) is 6.65. The minimum atomic E-state index is 0.172. The number of anilines is 3.